The topological polar surface area (TPSA) is 20.3 Å². The van der Waals surface area contributed by atoms with E-state index < -0.39 is 0 Å². The molecule has 70 valence electrons. The number of carbonyl (C=O) groups excluding carboxylic acids is 1. The highest BCUT2D eigenvalue weighted by Gasteiger charge is 2.24. The van der Waals surface area contributed by atoms with Crippen molar-refractivity contribution in [3.05, 3.63) is 0 Å². The van der Waals surface area contributed by atoms with Gasteiger partial charge in [0.05, 0.1) is 0 Å². The van der Waals surface area contributed by atoms with Crippen LogP contribution in [0.2, 0.25) is 0 Å². The fourth-order valence-corrected chi connectivity index (χ4v) is 2.25. The molecule has 2 nitrogen and oxygen atoms in total. The standard InChI is InChI=1S/C9H16BrNO/c1-11(7-6-10)9(12)8-4-2-3-5-8/h8H,2-7H2,1H3. The monoisotopic (exact) mass is 233 g/mol. The highest BCUT2D eigenvalue weighted by molar-refractivity contribution is 9.09. The van der Waals surface area contributed by atoms with E-state index in [1.165, 1.54) is 12.8 Å². The molecule has 1 aliphatic carbocycles. The molecule has 1 saturated carbocycles. The summed E-state index contributed by atoms with van der Waals surface area (Å²) in [5.41, 5.74) is 0. The lowest BCUT2D eigenvalue weighted by molar-refractivity contribution is -0.133. The Morgan fingerprint density at radius 2 is 2.08 bits per heavy atom. The third kappa shape index (κ3) is 2.47. The lowest BCUT2D eigenvalue weighted by Gasteiger charge is -2.19. The molecule has 0 N–H and O–H groups in total. The molecule has 0 heterocycles. The highest BCUT2D eigenvalue weighted by Crippen LogP contribution is 2.26. The molecule has 3 heteroatoms. The number of carbonyl (C=O) groups is 1. The molecule has 1 amide bonds. The Bertz CT molecular complexity index is 155. The molecule has 0 aliphatic heterocycles. The van der Waals surface area contributed by atoms with Crippen LogP contribution >= 0.6 is 15.9 Å². The Labute approximate surface area is 82.4 Å². The predicted molar refractivity (Wildman–Crippen MR) is 53.4 cm³/mol. The van der Waals surface area contributed by atoms with Crippen LogP contribution in [0, 0.1) is 5.92 Å². The second kappa shape index (κ2) is 4.85. The molecule has 0 saturated heterocycles. The maximum atomic E-state index is 11.6. The van der Waals surface area contributed by atoms with Crippen molar-refractivity contribution in [2.45, 2.75) is 25.7 Å². The smallest absolute Gasteiger partial charge is 0.225 e. The minimum atomic E-state index is 0.328. The quantitative estimate of drug-likeness (QED) is 0.684. The fourth-order valence-electron chi connectivity index (χ4n) is 1.72. The van der Waals surface area contributed by atoms with Crippen molar-refractivity contribution in [1.82, 2.24) is 4.90 Å². The van der Waals surface area contributed by atoms with Gasteiger partial charge in [-0.2, -0.15) is 0 Å². The van der Waals surface area contributed by atoms with Gasteiger partial charge in [-0.1, -0.05) is 28.8 Å². The van der Waals surface area contributed by atoms with Crippen LogP contribution in [0.15, 0.2) is 0 Å². The van der Waals surface area contributed by atoms with E-state index in [9.17, 15) is 4.79 Å². The summed E-state index contributed by atoms with van der Waals surface area (Å²) in [6.07, 6.45) is 4.67. The van der Waals surface area contributed by atoms with E-state index in [4.69, 9.17) is 0 Å². The van der Waals surface area contributed by atoms with Crippen molar-refractivity contribution in [3.8, 4) is 0 Å². The normalized spacial score (nSPS) is 18.2. The highest BCUT2D eigenvalue weighted by atomic mass is 79.9. The number of rotatable bonds is 3. The summed E-state index contributed by atoms with van der Waals surface area (Å²) >= 11 is 3.33. The van der Waals surface area contributed by atoms with E-state index in [1.54, 1.807) is 0 Å². The van der Waals surface area contributed by atoms with Crippen LogP contribution in [0.25, 0.3) is 0 Å². The maximum Gasteiger partial charge on any atom is 0.225 e. The minimum absolute atomic E-state index is 0.328. The number of alkyl halides is 1. The molecule has 1 rings (SSSR count). The van der Waals surface area contributed by atoms with Crippen LogP contribution < -0.4 is 0 Å². The average molecular weight is 234 g/mol. The molecule has 0 bridgehead atoms. The summed E-state index contributed by atoms with van der Waals surface area (Å²) < 4.78 is 0. The summed E-state index contributed by atoms with van der Waals surface area (Å²) in [6.45, 7) is 0.829. The summed E-state index contributed by atoms with van der Waals surface area (Å²) in [7, 11) is 1.89. The minimum Gasteiger partial charge on any atom is -0.345 e. The Balaban J connectivity index is 2.34. The Kier molecular flexibility index (Phi) is 4.06. The molecular formula is C9H16BrNO. The predicted octanol–water partition coefficient (Wildman–Crippen LogP) is 2.03. The lowest BCUT2D eigenvalue weighted by atomic mass is 10.1. The molecule has 0 radical (unpaired) electrons. The molecule has 0 aromatic rings. The first-order valence-electron chi connectivity index (χ1n) is 4.56. The number of nitrogens with zero attached hydrogens (tertiary/aromatic N) is 1. The largest absolute Gasteiger partial charge is 0.345 e. The molecule has 1 fully saturated rings. The first-order chi connectivity index (χ1) is 5.75. The van der Waals surface area contributed by atoms with Gasteiger partial charge in [0.15, 0.2) is 0 Å². The Hall–Kier alpha value is -0.0500. The number of amides is 1. The molecule has 0 aromatic heterocycles. The van der Waals surface area contributed by atoms with Gasteiger partial charge in [0, 0.05) is 24.8 Å². The van der Waals surface area contributed by atoms with Crippen molar-refractivity contribution in [2.75, 3.05) is 18.9 Å². The van der Waals surface area contributed by atoms with E-state index in [0.717, 1.165) is 24.7 Å². The first kappa shape index (κ1) is 10.0. The molecule has 0 spiro atoms. The van der Waals surface area contributed by atoms with Gasteiger partial charge < -0.3 is 4.90 Å². The van der Waals surface area contributed by atoms with Gasteiger partial charge in [0.2, 0.25) is 5.91 Å². The third-order valence-electron chi connectivity index (χ3n) is 2.50. The number of hydrogen-bond acceptors (Lipinski definition) is 1. The zero-order valence-corrected chi connectivity index (χ0v) is 9.14. The Morgan fingerprint density at radius 3 is 2.58 bits per heavy atom. The van der Waals surface area contributed by atoms with Crippen molar-refractivity contribution < 1.29 is 4.79 Å². The van der Waals surface area contributed by atoms with Crippen molar-refractivity contribution in [1.29, 1.82) is 0 Å². The number of halogens is 1. The van der Waals surface area contributed by atoms with E-state index >= 15 is 0 Å². The van der Waals surface area contributed by atoms with Gasteiger partial charge in [-0.05, 0) is 12.8 Å². The van der Waals surface area contributed by atoms with E-state index in [1.807, 2.05) is 11.9 Å². The first-order valence-corrected chi connectivity index (χ1v) is 5.69. The van der Waals surface area contributed by atoms with Crippen LogP contribution in [-0.2, 0) is 4.79 Å². The second-order valence-electron chi connectivity index (χ2n) is 3.43. The number of hydrogen-bond donors (Lipinski definition) is 0. The zero-order chi connectivity index (χ0) is 8.97. The summed E-state index contributed by atoms with van der Waals surface area (Å²) in [5.74, 6) is 0.668. The maximum absolute atomic E-state index is 11.6. The van der Waals surface area contributed by atoms with E-state index in [-0.39, 0.29) is 0 Å². The van der Waals surface area contributed by atoms with E-state index in [0.29, 0.717) is 11.8 Å². The van der Waals surface area contributed by atoms with Crippen LogP contribution in [0.5, 0.6) is 0 Å². The van der Waals surface area contributed by atoms with Gasteiger partial charge in [0.25, 0.3) is 0 Å². The van der Waals surface area contributed by atoms with Gasteiger partial charge in [-0.15, -0.1) is 0 Å². The van der Waals surface area contributed by atoms with E-state index in [2.05, 4.69) is 15.9 Å². The average Bonchev–Trinajstić information content (AvgIpc) is 2.55. The summed E-state index contributed by atoms with van der Waals surface area (Å²) in [6, 6.07) is 0. The fraction of sp³-hybridized carbons (Fsp3) is 0.889. The molecule has 0 aromatic carbocycles. The summed E-state index contributed by atoms with van der Waals surface area (Å²) in [5, 5.41) is 0.877. The molecule has 1 aliphatic rings. The van der Waals surface area contributed by atoms with Gasteiger partial charge >= 0.3 is 0 Å². The second-order valence-corrected chi connectivity index (χ2v) is 4.22. The Morgan fingerprint density at radius 1 is 1.50 bits per heavy atom. The SMILES string of the molecule is CN(CCBr)C(=O)C1CCCC1. The van der Waals surface area contributed by atoms with Crippen LogP contribution in [0.3, 0.4) is 0 Å². The molecule has 12 heavy (non-hydrogen) atoms. The van der Waals surface area contributed by atoms with Crippen LogP contribution in [-0.4, -0.2) is 29.7 Å². The van der Waals surface area contributed by atoms with Crippen molar-refractivity contribution in [3.63, 3.8) is 0 Å². The molecule has 0 atom stereocenters. The third-order valence-corrected chi connectivity index (χ3v) is 2.86. The molecule has 0 unspecified atom stereocenters. The van der Waals surface area contributed by atoms with Gasteiger partial charge in [-0.3, -0.25) is 4.79 Å². The van der Waals surface area contributed by atoms with Crippen LogP contribution in [0.1, 0.15) is 25.7 Å². The van der Waals surface area contributed by atoms with Gasteiger partial charge in [-0.25, -0.2) is 0 Å². The lowest BCUT2D eigenvalue weighted by Crippen LogP contribution is -2.33. The van der Waals surface area contributed by atoms with Crippen molar-refractivity contribution >= 4 is 21.8 Å². The summed E-state index contributed by atoms with van der Waals surface area (Å²) in [4.78, 5) is 13.5. The van der Waals surface area contributed by atoms with Crippen LogP contribution in [0.4, 0.5) is 0 Å². The van der Waals surface area contributed by atoms with Crippen molar-refractivity contribution in [2.24, 2.45) is 5.92 Å². The molecular weight excluding hydrogens is 218 g/mol. The zero-order valence-electron chi connectivity index (χ0n) is 7.55. The van der Waals surface area contributed by atoms with Gasteiger partial charge in [0.1, 0.15) is 0 Å².